The van der Waals surface area contributed by atoms with Gasteiger partial charge in [-0.05, 0) is 45.8 Å². The predicted molar refractivity (Wildman–Crippen MR) is 76.7 cm³/mol. The van der Waals surface area contributed by atoms with Gasteiger partial charge in [0.05, 0.1) is 5.75 Å². The highest BCUT2D eigenvalue weighted by Gasteiger charge is 2.13. The van der Waals surface area contributed by atoms with Crippen molar-refractivity contribution >= 4 is 9.84 Å². The maximum atomic E-state index is 11.3. The van der Waals surface area contributed by atoms with E-state index in [9.17, 15) is 8.42 Å². The monoisotopic (exact) mass is 276 g/mol. The van der Waals surface area contributed by atoms with E-state index in [0.717, 1.165) is 19.5 Å². The summed E-state index contributed by atoms with van der Waals surface area (Å²) in [7, 11) is -2.80. The Hall–Kier alpha value is -0.130. The zero-order chi connectivity index (χ0) is 13.4. The molecule has 108 valence electrons. The lowest BCUT2D eigenvalue weighted by Gasteiger charge is -2.29. The fraction of sp³-hybridized carbons (Fsp3) is 1.00. The van der Waals surface area contributed by atoms with Gasteiger partial charge in [-0.1, -0.05) is 13.3 Å². The summed E-state index contributed by atoms with van der Waals surface area (Å²) in [6.07, 6.45) is 4.73. The molecule has 1 heterocycles. The van der Waals surface area contributed by atoms with Crippen LogP contribution in [0.1, 0.15) is 39.5 Å². The van der Waals surface area contributed by atoms with E-state index < -0.39 is 9.84 Å². The highest BCUT2D eigenvalue weighted by Crippen LogP contribution is 2.08. The van der Waals surface area contributed by atoms with Gasteiger partial charge in [0, 0.05) is 18.3 Å². The van der Waals surface area contributed by atoms with Crippen molar-refractivity contribution in [2.24, 2.45) is 0 Å². The minimum Gasteiger partial charge on any atom is -0.313 e. The van der Waals surface area contributed by atoms with Gasteiger partial charge in [0.15, 0.2) is 0 Å². The van der Waals surface area contributed by atoms with Gasteiger partial charge in [0.25, 0.3) is 0 Å². The average Bonchev–Trinajstić information content (AvgIpc) is 2.36. The fourth-order valence-electron chi connectivity index (χ4n) is 2.38. The normalized spacial score (nSPS) is 19.9. The summed E-state index contributed by atoms with van der Waals surface area (Å²) in [6.45, 7) is 8.21. The zero-order valence-corrected chi connectivity index (χ0v) is 12.6. The Bertz CT molecular complexity index is 311. The Labute approximate surface area is 112 Å². The number of likely N-dealkylation sites (tertiary alicyclic amines) is 1. The first-order valence-electron chi connectivity index (χ1n) is 7.19. The summed E-state index contributed by atoms with van der Waals surface area (Å²) >= 11 is 0. The molecule has 4 nitrogen and oxygen atoms in total. The van der Waals surface area contributed by atoms with E-state index in [1.807, 2.05) is 0 Å². The summed E-state index contributed by atoms with van der Waals surface area (Å²) in [5.41, 5.74) is 0. The number of piperidine rings is 1. The Morgan fingerprint density at radius 3 is 2.50 bits per heavy atom. The topological polar surface area (TPSA) is 49.4 Å². The molecular formula is C13H28N2O2S. The third kappa shape index (κ3) is 6.71. The molecule has 1 aliphatic heterocycles. The summed E-state index contributed by atoms with van der Waals surface area (Å²) < 4.78 is 22.6. The molecule has 0 saturated carbocycles. The molecule has 0 aliphatic carbocycles. The molecule has 1 rings (SSSR count). The van der Waals surface area contributed by atoms with Crippen LogP contribution in [0.25, 0.3) is 0 Å². The fourth-order valence-corrected chi connectivity index (χ4v) is 3.25. The third-order valence-electron chi connectivity index (χ3n) is 3.55. The summed E-state index contributed by atoms with van der Waals surface area (Å²) in [5, 5.41) is 3.42. The largest absolute Gasteiger partial charge is 0.313 e. The summed E-state index contributed by atoms with van der Waals surface area (Å²) in [6, 6.07) is 0.451. The molecule has 0 spiro atoms. The molecule has 0 aromatic rings. The summed E-state index contributed by atoms with van der Waals surface area (Å²) in [4.78, 5) is 2.50. The number of sulfone groups is 1. The van der Waals surface area contributed by atoms with Crippen LogP contribution in [0.15, 0.2) is 0 Å². The number of nitrogens with zero attached hydrogens (tertiary/aromatic N) is 1. The van der Waals surface area contributed by atoms with Crippen molar-refractivity contribution in [3.63, 3.8) is 0 Å². The molecule has 0 aromatic carbocycles. The number of hydrogen-bond donors (Lipinski definition) is 1. The van der Waals surface area contributed by atoms with E-state index >= 15 is 0 Å². The Morgan fingerprint density at radius 2 is 1.89 bits per heavy atom. The Kier molecular flexibility index (Phi) is 7.19. The second kappa shape index (κ2) is 8.12. The van der Waals surface area contributed by atoms with Crippen LogP contribution in [-0.4, -0.2) is 57.0 Å². The van der Waals surface area contributed by atoms with Crippen molar-refractivity contribution in [1.82, 2.24) is 10.2 Å². The van der Waals surface area contributed by atoms with E-state index in [0.29, 0.717) is 11.8 Å². The first-order valence-corrected chi connectivity index (χ1v) is 9.02. The van der Waals surface area contributed by atoms with Crippen molar-refractivity contribution in [2.45, 2.75) is 45.6 Å². The molecule has 1 N–H and O–H groups in total. The Balaban J connectivity index is 2.07. The molecule has 0 radical (unpaired) electrons. The van der Waals surface area contributed by atoms with Gasteiger partial charge in [0.1, 0.15) is 9.84 Å². The standard InChI is InChI=1S/C13H28N2O2S/c1-3-18(16,17)11-7-8-14-13(2)12-15-9-5-4-6-10-15/h13-14H,3-12H2,1-2H3. The molecule has 1 fully saturated rings. The van der Waals surface area contributed by atoms with Crippen LogP contribution in [0.3, 0.4) is 0 Å². The first-order chi connectivity index (χ1) is 8.53. The van der Waals surface area contributed by atoms with Crippen molar-refractivity contribution < 1.29 is 8.42 Å². The lowest BCUT2D eigenvalue weighted by molar-refractivity contribution is 0.209. The van der Waals surface area contributed by atoms with Crippen molar-refractivity contribution in [3.05, 3.63) is 0 Å². The minimum absolute atomic E-state index is 0.260. The molecule has 18 heavy (non-hydrogen) atoms. The highest BCUT2D eigenvalue weighted by molar-refractivity contribution is 7.91. The maximum Gasteiger partial charge on any atom is 0.150 e. The zero-order valence-electron chi connectivity index (χ0n) is 11.8. The van der Waals surface area contributed by atoms with Crippen LogP contribution < -0.4 is 5.32 Å². The van der Waals surface area contributed by atoms with Gasteiger partial charge in [-0.2, -0.15) is 0 Å². The van der Waals surface area contributed by atoms with E-state index in [2.05, 4.69) is 17.1 Å². The maximum absolute atomic E-state index is 11.3. The number of rotatable bonds is 8. The van der Waals surface area contributed by atoms with Crippen LogP contribution in [-0.2, 0) is 9.84 Å². The molecule has 1 saturated heterocycles. The molecule has 1 unspecified atom stereocenters. The highest BCUT2D eigenvalue weighted by atomic mass is 32.2. The van der Waals surface area contributed by atoms with E-state index in [4.69, 9.17) is 0 Å². The van der Waals surface area contributed by atoms with E-state index in [1.54, 1.807) is 6.92 Å². The van der Waals surface area contributed by atoms with Gasteiger partial charge in [-0.15, -0.1) is 0 Å². The molecular weight excluding hydrogens is 248 g/mol. The quantitative estimate of drug-likeness (QED) is 0.678. The van der Waals surface area contributed by atoms with Gasteiger partial charge in [0.2, 0.25) is 0 Å². The SMILES string of the molecule is CCS(=O)(=O)CCCNC(C)CN1CCCCC1. The van der Waals surface area contributed by atoms with Gasteiger partial charge < -0.3 is 10.2 Å². The molecule has 0 aromatic heterocycles. The molecule has 1 aliphatic rings. The van der Waals surface area contributed by atoms with Crippen molar-refractivity contribution in [3.8, 4) is 0 Å². The second-order valence-electron chi connectivity index (χ2n) is 5.31. The Morgan fingerprint density at radius 1 is 1.22 bits per heavy atom. The average molecular weight is 276 g/mol. The second-order valence-corrected chi connectivity index (χ2v) is 7.78. The van der Waals surface area contributed by atoms with Crippen molar-refractivity contribution in [2.75, 3.05) is 37.7 Å². The van der Waals surface area contributed by atoms with Crippen LogP contribution in [0.5, 0.6) is 0 Å². The molecule has 0 bridgehead atoms. The van der Waals surface area contributed by atoms with Crippen LogP contribution >= 0.6 is 0 Å². The third-order valence-corrected chi connectivity index (χ3v) is 5.34. The molecule has 1 atom stereocenters. The lowest BCUT2D eigenvalue weighted by Crippen LogP contribution is -2.42. The predicted octanol–water partition coefficient (Wildman–Crippen LogP) is 1.28. The van der Waals surface area contributed by atoms with Gasteiger partial charge in [-0.25, -0.2) is 8.42 Å². The minimum atomic E-state index is -2.80. The molecule has 5 heteroatoms. The summed E-state index contributed by atoms with van der Waals surface area (Å²) in [5.74, 6) is 0.573. The van der Waals surface area contributed by atoms with Crippen LogP contribution in [0.2, 0.25) is 0 Å². The lowest BCUT2D eigenvalue weighted by atomic mass is 10.1. The van der Waals surface area contributed by atoms with Gasteiger partial charge in [-0.3, -0.25) is 0 Å². The van der Waals surface area contributed by atoms with Crippen LogP contribution in [0.4, 0.5) is 0 Å². The van der Waals surface area contributed by atoms with E-state index in [-0.39, 0.29) is 5.75 Å². The first kappa shape index (κ1) is 15.9. The van der Waals surface area contributed by atoms with Gasteiger partial charge >= 0.3 is 0 Å². The molecule has 0 amide bonds. The van der Waals surface area contributed by atoms with E-state index in [1.165, 1.54) is 32.4 Å². The van der Waals surface area contributed by atoms with Crippen molar-refractivity contribution in [1.29, 1.82) is 0 Å². The smallest absolute Gasteiger partial charge is 0.150 e. The van der Waals surface area contributed by atoms with Crippen LogP contribution in [0, 0.1) is 0 Å². The number of hydrogen-bond acceptors (Lipinski definition) is 4. The number of nitrogens with one attached hydrogen (secondary N) is 1.